The zero-order valence-corrected chi connectivity index (χ0v) is 32.8. The average molecular weight is 724 g/mol. The molecule has 9 heteroatoms. The largest absolute Gasteiger partial charge is 0.498 e. The Morgan fingerprint density at radius 3 is 1.64 bits per heavy atom. The number of allylic oxidation sites excluding steroid dienone is 9. The van der Waals surface area contributed by atoms with Gasteiger partial charge in [0.15, 0.2) is 6.10 Å². The fourth-order valence-electron chi connectivity index (χ4n) is 5.07. The summed E-state index contributed by atoms with van der Waals surface area (Å²) in [7, 11) is -4.30. The van der Waals surface area contributed by atoms with E-state index in [-0.39, 0.29) is 32.8 Å². The molecule has 0 aliphatic carbocycles. The van der Waals surface area contributed by atoms with Gasteiger partial charge in [-0.1, -0.05) is 146 Å². The van der Waals surface area contributed by atoms with E-state index in [1.807, 2.05) is 6.08 Å². The highest BCUT2D eigenvalue weighted by Gasteiger charge is 2.25. The van der Waals surface area contributed by atoms with Gasteiger partial charge in [0.2, 0.25) is 0 Å². The van der Waals surface area contributed by atoms with Crippen molar-refractivity contribution in [3.63, 3.8) is 0 Å². The van der Waals surface area contributed by atoms with Crippen LogP contribution in [0.2, 0.25) is 0 Å². The molecule has 0 spiro atoms. The van der Waals surface area contributed by atoms with E-state index in [1.54, 1.807) is 6.26 Å². The lowest BCUT2D eigenvalue weighted by Crippen LogP contribution is -2.27. The zero-order chi connectivity index (χ0) is 36.6. The third kappa shape index (κ3) is 37.3. The highest BCUT2D eigenvalue weighted by atomic mass is 31.2. The molecule has 0 aliphatic heterocycles. The third-order valence-electron chi connectivity index (χ3n) is 8.00. The van der Waals surface area contributed by atoms with Crippen LogP contribution in [0.5, 0.6) is 0 Å². The minimum atomic E-state index is -4.30. The minimum Gasteiger partial charge on any atom is -0.498 e. The maximum Gasteiger partial charge on any atom is 0.472 e. The highest BCUT2D eigenvalue weighted by Crippen LogP contribution is 2.43. The summed E-state index contributed by atoms with van der Waals surface area (Å²) in [6.07, 6.45) is 46.2. The molecule has 2 atom stereocenters. The standard InChI is InChI=1S/C41H74NO7P/c1-3-5-7-9-11-13-15-17-19-20-21-22-24-26-28-30-32-34-41(43)49-40(39-48-50(44,45)47-37-35-42)38-46-36-33-31-29-27-25-23-18-16-14-12-10-8-6-4-2/h11,13,17,19,21-22,26,28,33,36,40H,3-10,12,14-16,18,20,23-25,27,29-32,34-35,37-39,42H2,1-2H3,(H,44,45)/b13-11+,19-17+,22-21+,28-26+,36-33+. The van der Waals surface area contributed by atoms with Gasteiger partial charge >= 0.3 is 13.8 Å². The first-order chi connectivity index (χ1) is 24.4. The summed E-state index contributed by atoms with van der Waals surface area (Å²) in [6, 6.07) is 0. The number of hydrogen-bond acceptors (Lipinski definition) is 7. The van der Waals surface area contributed by atoms with Crippen LogP contribution in [0.25, 0.3) is 0 Å². The number of phosphoric ester groups is 1. The van der Waals surface area contributed by atoms with Crippen LogP contribution in [0.4, 0.5) is 0 Å². The second-order valence-electron chi connectivity index (χ2n) is 12.9. The molecule has 0 aliphatic rings. The topological polar surface area (TPSA) is 117 Å². The summed E-state index contributed by atoms with van der Waals surface area (Å²) < 4.78 is 33.0. The predicted molar refractivity (Wildman–Crippen MR) is 210 cm³/mol. The monoisotopic (exact) mass is 724 g/mol. The van der Waals surface area contributed by atoms with Gasteiger partial charge < -0.3 is 20.1 Å². The number of esters is 1. The Hall–Kier alpha value is -1.96. The van der Waals surface area contributed by atoms with Crippen LogP contribution >= 0.6 is 7.82 Å². The number of ether oxygens (including phenoxy) is 2. The molecule has 0 bridgehead atoms. The molecule has 290 valence electrons. The lowest BCUT2D eigenvalue weighted by atomic mass is 10.0. The summed E-state index contributed by atoms with van der Waals surface area (Å²) in [5.74, 6) is -0.408. The van der Waals surface area contributed by atoms with Gasteiger partial charge in [-0.3, -0.25) is 13.8 Å². The van der Waals surface area contributed by atoms with Crippen LogP contribution in [0.15, 0.2) is 60.9 Å². The Labute approximate surface area is 306 Å². The Bertz CT molecular complexity index is 947. The van der Waals surface area contributed by atoms with Crippen molar-refractivity contribution >= 4 is 13.8 Å². The molecule has 0 aromatic carbocycles. The molecule has 0 radical (unpaired) electrons. The molecule has 50 heavy (non-hydrogen) atoms. The van der Waals surface area contributed by atoms with Crippen molar-refractivity contribution in [2.75, 3.05) is 26.4 Å². The van der Waals surface area contributed by atoms with E-state index < -0.39 is 19.9 Å². The van der Waals surface area contributed by atoms with E-state index in [4.69, 9.17) is 24.3 Å². The highest BCUT2D eigenvalue weighted by molar-refractivity contribution is 7.47. The first-order valence-electron chi connectivity index (χ1n) is 19.8. The predicted octanol–water partition coefficient (Wildman–Crippen LogP) is 11.8. The molecule has 0 saturated carbocycles. The molecule has 0 fully saturated rings. The number of hydrogen-bond donors (Lipinski definition) is 2. The van der Waals surface area contributed by atoms with Crippen molar-refractivity contribution < 1.29 is 32.8 Å². The maximum absolute atomic E-state index is 12.5. The van der Waals surface area contributed by atoms with Gasteiger partial charge in [-0.25, -0.2) is 4.57 Å². The molecular weight excluding hydrogens is 649 g/mol. The van der Waals surface area contributed by atoms with Crippen molar-refractivity contribution in [2.45, 2.75) is 168 Å². The maximum atomic E-state index is 12.5. The number of rotatable bonds is 37. The van der Waals surface area contributed by atoms with Crippen molar-refractivity contribution in [3.05, 3.63) is 60.9 Å². The molecule has 0 heterocycles. The van der Waals surface area contributed by atoms with Crippen LogP contribution in [0.1, 0.15) is 162 Å². The SMILES string of the molecule is CCCCC/C=C/C/C=C/C/C=C/C/C=C/CCCC(=O)OC(CO/C=C/CCCCCCCCCCCCCC)COP(=O)(O)OCCN. The number of unbranched alkanes of at least 4 members (excludes halogenated alkanes) is 16. The second kappa shape index (κ2) is 38.3. The Morgan fingerprint density at radius 1 is 0.620 bits per heavy atom. The number of carbonyl (C=O) groups is 1. The van der Waals surface area contributed by atoms with E-state index in [0.717, 1.165) is 38.5 Å². The molecule has 0 amide bonds. The van der Waals surface area contributed by atoms with Gasteiger partial charge in [0.25, 0.3) is 0 Å². The zero-order valence-electron chi connectivity index (χ0n) is 31.9. The van der Waals surface area contributed by atoms with Gasteiger partial charge in [-0.2, -0.15) is 0 Å². The molecule has 0 aromatic rings. The van der Waals surface area contributed by atoms with Crippen LogP contribution in [0.3, 0.4) is 0 Å². The third-order valence-corrected chi connectivity index (χ3v) is 8.99. The molecular formula is C41H74NO7P. The van der Waals surface area contributed by atoms with E-state index in [0.29, 0.717) is 6.42 Å². The van der Waals surface area contributed by atoms with E-state index in [9.17, 15) is 14.3 Å². The smallest absolute Gasteiger partial charge is 0.472 e. The lowest BCUT2D eigenvalue weighted by Gasteiger charge is -2.19. The van der Waals surface area contributed by atoms with Crippen molar-refractivity contribution in [3.8, 4) is 0 Å². The Kier molecular flexibility index (Phi) is 36.8. The molecule has 0 aromatic heterocycles. The van der Waals surface area contributed by atoms with Crippen molar-refractivity contribution in [1.29, 1.82) is 0 Å². The summed E-state index contributed by atoms with van der Waals surface area (Å²) in [4.78, 5) is 22.4. The van der Waals surface area contributed by atoms with Gasteiger partial charge in [0.1, 0.15) is 6.61 Å². The van der Waals surface area contributed by atoms with Gasteiger partial charge in [0, 0.05) is 13.0 Å². The summed E-state index contributed by atoms with van der Waals surface area (Å²) in [5.41, 5.74) is 5.35. The van der Waals surface area contributed by atoms with Crippen LogP contribution in [-0.4, -0.2) is 43.3 Å². The molecule has 0 saturated heterocycles. The lowest BCUT2D eigenvalue weighted by molar-refractivity contribution is -0.153. The van der Waals surface area contributed by atoms with Crippen LogP contribution in [0, 0.1) is 0 Å². The molecule has 0 rings (SSSR count). The fourth-order valence-corrected chi connectivity index (χ4v) is 5.84. The quantitative estimate of drug-likeness (QED) is 0.0214. The number of nitrogens with two attached hydrogens (primary N) is 1. The Morgan fingerprint density at radius 2 is 1.08 bits per heavy atom. The van der Waals surface area contributed by atoms with Gasteiger partial charge in [-0.15, -0.1) is 0 Å². The molecule has 3 N–H and O–H groups in total. The fraction of sp³-hybridized carbons (Fsp3) is 0.732. The van der Waals surface area contributed by atoms with Crippen LogP contribution in [-0.2, 0) is 27.9 Å². The summed E-state index contributed by atoms with van der Waals surface area (Å²) >= 11 is 0. The van der Waals surface area contributed by atoms with Gasteiger partial charge in [0.05, 0.1) is 19.5 Å². The summed E-state index contributed by atoms with van der Waals surface area (Å²) in [5, 5.41) is 0. The first kappa shape index (κ1) is 48.0. The summed E-state index contributed by atoms with van der Waals surface area (Å²) in [6.45, 7) is 4.13. The van der Waals surface area contributed by atoms with E-state index >= 15 is 0 Å². The number of phosphoric acid groups is 1. The van der Waals surface area contributed by atoms with Crippen molar-refractivity contribution in [1.82, 2.24) is 0 Å². The first-order valence-corrected chi connectivity index (χ1v) is 21.3. The van der Waals surface area contributed by atoms with Gasteiger partial charge in [-0.05, 0) is 63.9 Å². The van der Waals surface area contributed by atoms with Crippen LogP contribution < -0.4 is 5.73 Å². The number of carbonyl (C=O) groups excluding carboxylic acids is 1. The minimum absolute atomic E-state index is 0.00868. The molecule has 8 nitrogen and oxygen atoms in total. The van der Waals surface area contributed by atoms with Crippen molar-refractivity contribution in [2.24, 2.45) is 5.73 Å². The average Bonchev–Trinajstić information content (AvgIpc) is 3.10. The van der Waals surface area contributed by atoms with E-state index in [1.165, 1.54) is 96.3 Å². The second-order valence-corrected chi connectivity index (χ2v) is 14.3. The van der Waals surface area contributed by atoms with E-state index in [2.05, 4.69) is 62.5 Å². The Balaban J connectivity index is 4.25. The molecule has 2 unspecified atom stereocenters. The normalized spacial score (nSPS) is 14.2.